The molecule has 1 aromatic carbocycles. The first-order valence-electron chi connectivity index (χ1n) is 8.41. The van der Waals surface area contributed by atoms with Crippen molar-refractivity contribution in [2.75, 3.05) is 20.3 Å². The van der Waals surface area contributed by atoms with Gasteiger partial charge in [-0.1, -0.05) is 12.1 Å². The number of carbonyl (C=O) groups is 2. The molecule has 0 unspecified atom stereocenters. The molecule has 26 heavy (non-hydrogen) atoms. The third-order valence-corrected chi connectivity index (χ3v) is 3.67. The third-order valence-electron chi connectivity index (χ3n) is 3.67. The molecule has 0 radical (unpaired) electrons. The zero-order valence-corrected chi connectivity index (χ0v) is 15.0. The van der Waals surface area contributed by atoms with E-state index in [1.165, 1.54) is 6.08 Å². The van der Waals surface area contributed by atoms with E-state index in [2.05, 4.69) is 0 Å². The SMILES string of the molecule is CCOC(=O)CCN(Cc1ccc(OC)cc1)C(=O)/C=C/c1ccco1. The number of nitrogens with zero attached hydrogens (tertiary/aromatic N) is 1. The van der Waals surface area contributed by atoms with Crippen molar-refractivity contribution in [3.63, 3.8) is 0 Å². The molecule has 0 aliphatic rings. The number of carbonyl (C=O) groups excluding carboxylic acids is 2. The Morgan fingerprint density at radius 1 is 1.19 bits per heavy atom. The molecular weight excluding hydrogens is 334 g/mol. The summed E-state index contributed by atoms with van der Waals surface area (Å²) in [7, 11) is 1.60. The second-order valence-corrected chi connectivity index (χ2v) is 5.51. The summed E-state index contributed by atoms with van der Waals surface area (Å²) in [6.07, 6.45) is 4.73. The van der Waals surface area contributed by atoms with E-state index in [0.717, 1.165) is 11.3 Å². The van der Waals surface area contributed by atoms with Crippen LogP contribution in [0, 0.1) is 0 Å². The summed E-state index contributed by atoms with van der Waals surface area (Å²) in [4.78, 5) is 25.8. The Hall–Kier alpha value is -3.02. The van der Waals surface area contributed by atoms with Crippen LogP contribution in [0.5, 0.6) is 5.75 Å². The van der Waals surface area contributed by atoms with Crippen LogP contribution in [0.3, 0.4) is 0 Å². The van der Waals surface area contributed by atoms with Gasteiger partial charge in [-0.15, -0.1) is 0 Å². The molecular formula is C20H23NO5. The van der Waals surface area contributed by atoms with Gasteiger partial charge in [-0.2, -0.15) is 0 Å². The van der Waals surface area contributed by atoms with Crippen LogP contribution in [-0.4, -0.2) is 37.0 Å². The van der Waals surface area contributed by atoms with Crippen LogP contribution in [0.25, 0.3) is 6.08 Å². The summed E-state index contributed by atoms with van der Waals surface area (Å²) >= 11 is 0. The Morgan fingerprint density at radius 3 is 2.58 bits per heavy atom. The molecule has 138 valence electrons. The van der Waals surface area contributed by atoms with Gasteiger partial charge in [-0.05, 0) is 42.8 Å². The van der Waals surface area contributed by atoms with Crippen LogP contribution in [0.2, 0.25) is 0 Å². The molecule has 6 heteroatoms. The van der Waals surface area contributed by atoms with Gasteiger partial charge < -0.3 is 18.8 Å². The van der Waals surface area contributed by atoms with E-state index in [9.17, 15) is 9.59 Å². The van der Waals surface area contributed by atoms with Gasteiger partial charge in [0.1, 0.15) is 11.5 Å². The zero-order chi connectivity index (χ0) is 18.8. The summed E-state index contributed by atoms with van der Waals surface area (Å²) in [5.74, 6) is 0.806. The molecule has 2 aromatic rings. The normalized spacial score (nSPS) is 10.7. The van der Waals surface area contributed by atoms with Crippen LogP contribution < -0.4 is 4.74 Å². The van der Waals surface area contributed by atoms with E-state index in [0.29, 0.717) is 18.9 Å². The maximum absolute atomic E-state index is 12.6. The fourth-order valence-corrected chi connectivity index (χ4v) is 2.32. The zero-order valence-electron chi connectivity index (χ0n) is 15.0. The number of esters is 1. The molecule has 0 saturated carbocycles. The van der Waals surface area contributed by atoms with Crippen LogP contribution in [0.4, 0.5) is 0 Å². The van der Waals surface area contributed by atoms with Crippen LogP contribution in [0.15, 0.2) is 53.2 Å². The van der Waals surface area contributed by atoms with Gasteiger partial charge in [0.2, 0.25) is 5.91 Å². The lowest BCUT2D eigenvalue weighted by Crippen LogP contribution is -2.31. The maximum atomic E-state index is 12.6. The monoisotopic (exact) mass is 357 g/mol. The number of rotatable bonds is 9. The lowest BCUT2D eigenvalue weighted by Gasteiger charge is -2.21. The lowest BCUT2D eigenvalue weighted by molar-refractivity contribution is -0.143. The largest absolute Gasteiger partial charge is 0.497 e. The smallest absolute Gasteiger partial charge is 0.307 e. The second kappa shape index (κ2) is 10.1. The number of furan rings is 1. The van der Waals surface area contributed by atoms with Crippen LogP contribution in [0.1, 0.15) is 24.7 Å². The van der Waals surface area contributed by atoms with Crippen molar-refractivity contribution in [1.82, 2.24) is 4.90 Å². The number of methoxy groups -OCH3 is 1. The fourth-order valence-electron chi connectivity index (χ4n) is 2.32. The van der Waals surface area contributed by atoms with Crippen molar-refractivity contribution in [3.05, 3.63) is 60.1 Å². The van der Waals surface area contributed by atoms with E-state index >= 15 is 0 Å². The van der Waals surface area contributed by atoms with E-state index in [-0.39, 0.29) is 24.8 Å². The molecule has 2 rings (SSSR count). The van der Waals surface area contributed by atoms with E-state index in [4.69, 9.17) is 13.9 Å². The Bertz CT molecular complexity index is 719. The van der Waals surface area contributed by atoms with Gasteiger partial charge in [-0.25, -0.2) is 0 Å². The molecule has 0 aliphatic carbocycles. The van der Waals surface area contributed by atoms with Crippen LogP contribution >= 0.6 is 0 Å². The quantitative estimate of drug-likeness (QED) is 0.509. The van der Waals surface area contributed by atoms with E-state index in [1.807, 2.05) is 24.3 Å². The molecule has 6 nitrogen and oxygen atoms in total. The molecule has 0 spiro atoms. The van der Waals surface area contributed by atoms with Gasteiger partial charge >= 0.3 is 5.97 Å². The first-order chi connectivity index (χ1) is 12.6. The standard InChI is InChI=1S/C20H23NO5/c1-3-25-20(23)12-13-21(15-16-6-8-17(24-2)9-7-16)19(22)11-10-18-5-4-14-26-18/h4-11,14H,3,12-13,15H2,1-2H3/b11-10+. The highest BCUT2D eigenvalue weighted by molar-refractivity contribution is 5.91. The second-order valence-electron chi connectivity index (χ2n) is 5.51. The summed E-state index contributed by atoms with van der Waals surface area (Å²) in [6, 6.07) is 11.0. The molecule has 0 atom stereocenters. The Kier molecular flexibility index (Phi) is 7.49. The predicted octanol–water partition coefficient (Wildman–Crippen LogP) is 3.28. The first-order valence-corrected chi connectivity index (χ1v) is 8.41. The van der Waals surface area contributed by atoms with Crippen molar-refractivity contribution in [1.29, 1.82) is 0 Å². The molecule has 1 amide bonds. The minimum absolute atomic E-state index is 0.143. The Balaban J connectivity index is 2.06. The van der Waals surface area contributed by atoms with Crippen molar-refractivity contribution >= 4 is 18.0 Å². The molecule has 0 aliphatic heterocycles. The number of amides is 1. The molecule has 0 bridgehead atoms. The summed E-state index contributed by atoms with van der Waals surface area (Å²) < 4.78 is 15.3. The highest BCUT2D eigenvalue weighted by Crippen LogP contribution is 2.14. The maximum Gasteiger partial charge on any atom is 0.307 e. The number of hydrogen-bond acceptors (Lipinski definition) is 5. The van der Waals surface area contributed by atoms with Crippen molar-refractivity contribution in [2.45, 2.75) is 19.9 Å². The van der Waals surface area contributed by atoms with Gasteiger partial charge in [0.15, 0.2) is 0 Å². The van der Waals surface area contributed by atoms with E-state index in [1.54, 1.807) is 43.4 Å². The number of benzene rings is 1. The molecule has 0 saturated heterocycles. The molecule has 1 aromatic heterocycles. The lowest BCUT2D eigenvalue weighted by atomic mass is 10.2. The predicted molar refractivity (Wildman–Crippen MR) is 97.4 cm³/mol. The highest BCUT2D eigenvalue weighted by atomic mass is 16.5. The van der Waals surface area contributed by atoms with Gasteiger partial charge in [0.25, 0.3) is 0 Å². The minimum Gasteiger partial charge on any atom is -0.497 e. The highest BCUT2D eigenvalue weighted by Gasteiger charge is 2.14. The van der Waals surface area contributed by atoms with Gasteiger partial charge in [-0.3, -0.25) is 9.59 Å². The fraction of sp³-hybridized carbons (Fsp3) is 0.300. The van der Waals surface area contributed by atoms with Crippen molar-refractivity contribution < 1.29 is 23.5 Å². The minimum atomic E-state index is -0.324. The number of ether oxygens (including phenoxy) is 2. The summed E-state index contributed by atoms with van der Waals surface area (Å²) in [5, 5.41) is 0. The number of hydrogen-bond donors (Lipinski definition) is 0. The Labute approximate surface area is 153 Å². The summed E-state index contributed by atoms with van der Waals surface area (Å²) in [6.45, 7) is 2.73. The first kappa shape index (κ1) is 19.3. The molecule has 0 N–H and O–H groups in total. The van der Waals surface area contributed by atoms with Gasteiger partial charge in [0, 0.05) is 19.2 Å². The molecule has 1 heterocycles. The Morgan fingerprint density at radius 2 is 1.96 bits per heavy atom. The third kappa shape index (κ3) is 6.12. The average Bonchev–Trinajstić information content (AvgIpc) is 3.17. The van der Waals surface area contributed by atoms with Crippen molar-refractivity contribution in [2.24, 2.45) is 0 Å². The molecule has 0 fully saturated rings. The van der Waals surface area contributed by atoms with Crippen molar-refractivity contribution in [3.8, 4) is 5.75 Å². The topological polar surface area (TPSA) is 69.0 Å². The van der Waals surface area contributed by atoms with E-state index < -0.39 is 0 Å². The summed E-state index contributed by atoms with van der Waals surface area (Å²) in [5.41, 5.74) is 0.939. The van der Waals surface area contributed by atoms with Gasteiger partial charge in [0.05, 0.1) is 26.4 Å². The van der Waals surface area contributed by atoms with Crippen LogP contribution in [-0.2, 0) is 20.9 Å². The average molecular weight is 357 g/mol.